The summed E-state index contributed by atoms with van der Waals surface area (Å²) in [6.45, 7) is 5.91. The number of amides is 1. The molecular weight excluding hydrogens is 382 g/mol. The van der Waals surface area contributed by atoms with E-state index in [0.717, 1.165) is 44.8 Å². The van der Waals surface area contributed by atoms with Crippen molar-refractivity contribution < 1.29 is 4.79 Å². The van der Waals surface area contributed by atoms with Gasteiger partial charge in [0.1, 0.15) is 0 Å². The van der Waals surface area contributed by atoms with Gasteiger partial charge in [0.25, 0.3) is 5.91 Å². The second kappa shape index (κ2) is 14.0. The molecular formula is C24H42ClN3O. The highest BCUT2D eigenvalue weighted by molar-refractivity contribution is 6.33. The lowest BCUT2D eigenvalue weighted by Gasteiger charge is -2.21. The SMILES string of the molecule is C.C.O=C(NCC1CCCCCCC1)c1cc(CN2CCCNCC2)ccc1Cl. The Morgan fingerprint density at radius 3 is 2.52 bits per heavy atom. The Kier molecular flexibility index (Phi) is 12.5. The molecule has 4 nitrogen and oxygen atoms in total. The van der Waals surface area contributed by atoms with Gasteiger partial charge in [0, 0.05) is 26.2 Å². The Bertz CT molecular complexity index is 592. The zero-order valence-electron chi connectivity index (χ0n) is 16.4. The van der Waals surface area contributed by atoms with Crippen LogP contribution in [0.2, 0.25) is 5.02 Å². The van der Waals surface area contributed by atoms with Gasteiger partial charge in [-0.05, 0) is 56.0 Å². The van der Waals surface area contributed by atoms with Crippen molar-refractivity contribution in [3.63, 3.8) is 0 Å². The highest BCUT2D eigenvalue weighted by Gasteiger charge is 2.16. The normalized spacial score (nSPS) is 19.1. The van der Waals surface area contributed by atoms with Crippen LogP contribution in [-0.2, 0) is 6.54 Å². The van der Waals surface area contributed by atoms with Crippen LogP contribution in [-0.4, -0.2) is 43.5 Å². The molecule has 1 aromatic carbocycles. The maximum Gasteiger partial charge on any atom is 0.252 e. The summed E-state index contributed by atoms with van der Waals surface area (Å²) in [6.07, 6.45) is 10.3. The first kappa shape index (κ1) is 25.9. The van der Waals surface area contributed by atoms with Crippen LogP contribution in [0.4, 0.5) is 0 Å². The van der Waals surface area contributed by atoms with Crippen LogP contribution in [0.1, 0.15) is 82.1 Å². The summed E-state index contributed by atoms with van der Waals surface area (Å²) >= 11 is 6.34. The van der Waals surface area contributed by atoms with Crippen LogP contribution in [0.25, 0.3) is 0 Å². The Hall–Kier alpha value is -1.10. The Labute approximate surface area is 183 Å². The summed E-state index contributed by atoms with van der Waals surface area (Å²) in [7, 11) is 0. The summed E-state index contributed by atoms with van der Waals surface area (Å²) in [5, 5.41) is 7.13. The topological polar surface area (TPSA) is 44.4 Å². The van der Waals surface area contributed by atoms with E-state index in [0.29, 0.717) is 16.5 Å². The number of hydrogen-bond donors (Lipinski definition) is 2. The molecule has 166 valence electrons. The van der Waals surface area contributed by atoms with Crippen molar-refractivity contribution in [1.82, 2.24) is 15.5 Å². The smallest absolute Gasteiger partial charge is 0.252 e. The third-order valence-corrected chi connectivity index (χ3v) is 6.22. The fraction of sp³-hybridized carbons (Fsp3) is 0.708. The first-order chi connectivity index (χ1) is 13.2. The molecule has 0 spiro atoms. The van der Waals surface area contributed by atoms with Gasteiger partial charge in [0.2, 0.25) is 0 Å². The highest BCUT2D eigenvalue weighted by Crippen LogP contribution is 2.23. The number of nitrogens with one attached hydrogen (secondary N) is 2. The number of rotatable bonds is 5. The average molecular weight is 424 g/mol. The van der Waals surface area contributed by atoms with Gasteiger partial charge in [-0.15, -0.1) is 0 Å². The van der Waals surface area contributed by atoms with Gasteiger partial charge < -0.3 is 10.6 Å². The molecule has 0 unspecified atom stereocenters. The second-order valence-corrected chi connectivity index (χ2v) is 8.52. The summed E-state index contributed by atoms with van der Waals surface area (Å²) in [5.74, 6) is 0.585. The summed E-state index contributed by atoms with van der Waals surface area (Å²) in [5.41, 5.74) is 1.78. The molecule has 0 aromatic heterocycles. The lowest BCUT2D eigenvalue weighted by Crippen LogP contribution is -2.30. The van der Waals surface area contributed by atoms with Gasteiger partial charge in [-0.25, -0.2) is 0 Å². The second-order valence-electron chi connectivity index (χ2n) is 8.12. The van der Waals surface area contributed by atoms with Crippen LogP contribution in [0.5, 0.6) is 0 Å². The third kappa shape index (κ3) is 8.65. The number of carbonyl (C=O) groups is 1. The number of halogens is 1. The largest absolute Gasteiger partial charge is 0.352 e. The molecule has 1 amide bonds. The molecule has 1 saturated carbocycles. The highest BCUT2D eigenvalue weighted by atomic mass is 35.5. The van der Waals surface area contributed by atoms with E-state index in [2.05, 4.69) is 15.5 Å². The Morgan fingerprint density at radius 2 is 1.76 bits per heavy atom. The van der Waals surface area contributed by atoms with Crippen molar-refractivity contribution in [3.8, 4) is 0 Å². The lowest BCUT2D eigenvalue weighted by atomic mass is 9.91. The van der Waals surface area contributed by atoms with Gasteiger partial charge in [-0.3, -0.25) is 9.69 Å². The molecule has 2 fully saturated rings. The number of hydrogen-bond acceptors (Lipinski definition) is 3. The standard InChI is InChI=1S/C22H34ClN3O.2CH4/c23-21-10-9-19(17-26-13-6-11-24-12-14-26)15-20(21)22(27)25-16-18-7-4-2-1-3-5-8-18;;/h9-10,15,18,24H,1-8,11-14,16-17H2,(H,25,27);2*1H4. The average Bonchev–Trinajstić information content (AvgIpc) is 2.91. The lowest BCUT2D eigenvalue weighted by molar-refractivity contribution is 0.0944. The fourth-order valence-corrected chi connectivity index (χ4v) is 4.44. The molecule has 3 rings (SSSR count). The first-order valence-electron chi connectivity index (χ1n) is 10.7. The van der Waals surface area contributed by atoms with E-state index in [4.69, 9.17) is 11.6 Å². The summed E-state index contributed by atoms with van der Waals surface area (Å²) in [6, 6.07) is 5.90. The minimum Gasteiger partial charge on any atom is -0.352 e. The Balaban J connectivity index is 0.00000210. The van der Waals surface area contributed by atoms with E-state index in [1.807, 2.05) is 18.2 Å². The number of nitrogens with zero attached hydrogens (tertiary/aromatic N) is 1. The molecule has 1 aliphatic heterocycles. The van der Waals surface area contributed by atoms with Crippen molar-refractivity contribution in [2.24, 2.45) is 5.92 Å². The van der Waals surface area contributed by atoms with Gasteiger partial charge in [0.15, 0.2) is 0 Å². The van der Waals surface area contributed by atoms with Gasteiger partial charge in [0.05, 0.1) is 10.6 Å². The molecule has 1 heterocycles. The molecule has 2 N–H and O–H groups in total. The maximum atomic E-state index is 12.7. The zero-order valence-corrected chi connectivity index (χ0v) is 17.2. The van der Waals surface area contributed by atoms with Crippen molar-refractivity contribution in [1.29, 1.82) is 0 Å². The van der Waals surface area contributed by atoms with Crippen molar-refractivity contribution in [2.45, 2.75) is 72.8 Å². The summed E-state index contributed by atoms with van der Waals surface area (Å²) < 4.78 is 0. The van der Waals surface area contributed by atoms with Crippen molar-refractivity contribution in [3.05, 3.63) is 34.3 Å². The molecule has 29 heavy (non-hydrogen) atoms. The molecule has 0 radical (unpaired) electrons. The van der Waals surface area contributed by atoms with E-state index in [-0.39, 0.29) is 20.8 Å². The first-order valence-corrected chi connectivity index (χ1v) is 11.1. The van der Waals surface area contributed by atoms with Crippen LogP contribution in [0, 0.1) is 5.92 Å². The molecule has 1 aromatic rings. The molecule has 0 bridgehead atoms. The monoisotopic (exact) mass is 423 g/mol. The minimum atomic E-state index is -0.0264. The summed E-state index contributed by atoms with van der Waals surface area (Å²) in [4.78, 5) is 15.2. The Morgan fingerprint density at radius 1 is 1.03 bits per heavy atom. The molecule has 1 saturated heterocycles. The van der Waals surface area contributed by atoms with E-state index in [9.17, 15) is 4.79 Å². The van der Waals surface area contributed by atoms with Gasteiger partial charge >= 0.3 is 0 Å². The van der Waals surface area contributed by atoms with Gasteiger partial charge in [-0.2, -0.15) is 0 Å². The van der Waals surface area contributed by atoms with Gasteiger partial charge in [-0.1, -0.05) is 64.6 Å². The van der Waals surface area contributed by atoms with Crippen molar-refractivity contribution in [2.75, 3.05) is 32.7 Å². The maximum absolute atomic E-state index is 12.7. The van der Waals surface area contributed by atoms with Crippen LogP contribution < -0.4 is 10.6 Å². The quantitative estimate of drug-likeness (QED) is 0.657. The fourth-order valence-electron chi connectivity index (χ4n) is 4.24. The molecule has 1 aliphatic carbocycles. The predicted molar refractivity (Wildman–Crippen MR) is 126 cm³/mol. The number of benzene rings is 1. The van der Waals surface area contributed by atoms with E-state index in [1.165, 1.54) is 51.4 Å². The van der Waals surface area contributed by atoms with Crippen molar-refractivity contribution >= 4 is 17.5 Å². The van der Waals surface area contributed by atoms with Crippen LogP contribution >= 0.6 is 11.6 Å². The molecule has 2 aliphatic rings. The van der Waals surface area contributed by atoms with E-state index >= 15 is 0 Å². The third-order valence-electron chi connectivity index (χ3n) is 5.89. The molecule has 5 heteroatoms. The number of carbonyl (C=O) groups excluding carboxylic acids is 1. The van der Waals surface area contributed by atoms with E-state index in [1.54, 1.807) is 0 Å². The van der Waals surface area contributed by atoms with Crippen LogP contribution in [0.3, 0.4) is 0 Å². The van der Waals surface area contributed by atoms with E-state index < -0.39 is 0 Å². The molecule has 0 atom stereocenters. The minimum absolute atomic E-state index is 0. The van der Waals surface area contributed by atoms with Crippen LogP contribution in [0.15, 0.2) is 18.2 Å². The predicted octanol–water partition coefficient (Wildman–Crippen LogP) is 5.50. The zero-order chi connectivity index (χ0) is 18.9.